The lowest BCUT2D eigenvalue weighted by Crippen LogP contribution is -1.94. The van der Waals surface area contributed by atoms with Gasteiger partial charge in [0.2, 0.25) is 0 Å². The van der Waals surface area contributed by atoms with E-state index >= 15 is 0 Å². The van der Waals surface area contributed by atoms with Crippen LogP contribution in [0.3, 0.4) is 0 Å². The highest BCUT2D eigenvalue weighted by atomic mass is 32.1. The Bertz CT molecular complexity index is 4160. The van der Waals surface area contributed by atoms with Gasteiger partial charge in [0.25, 0.3) is 0 Å². The van der Waals surface area contributed by atoms with Crippen LogP contribution in [-0.2, 0) is 0 Å². The molecule has 0 N–H and O–H groups in total. The van der Waals surface area contributed by atoms with Crippen LogP contribution in [0.15, 0.2) is 237 Å². The van der Waals surface area contributed by atoms with Crippen LogP contribution in [0.4, 0.5) is 0 Å². The molecule has 0 fully saturated rings. The van der Waals surface area contributed by atoms with Crippen molar-refractivity contribution in [2.75, 3.05) is 0 Å². The Morgan fingerprint density at radius 2 is 0.597 bits per heavy atom. The lowest BCUT2D eigenvalue weighted by atomic mass is 9.99. The summed E-state index contributed by atoms with van der Waals surface area (Å²) >= 11 is 3.80. The number of rotatable bonds is 7. The van der Waals surface area contributed by atoms with Crippen LogP contribution >= 0.6 is 22.7 Å². The Labute approximate surface area is 394 Å². The summed E-state index contributed by atoms with van der Waals surface area (Å²) in [6.45, 7) is 0. The van der Waals surface area contributed by atoms with E-state index in [9.17, 15) is 0 Å². The summed E-state index contributed by atoms with van der Waals surface area (Å²) < 4.78 is 10.0. The standard InChI is InChI=1S/C62H39N3S2/c1-6-16-40(17-7-1)41-26-28-42(29-27-41)44-30-32-49-51-36-56-52(37-55(51)64(54(49)35-44)47-22-12-4-13-23-47)50-34-45(31-33-53(50)63(56)46-20-10-3-11-21-46)60-39-58-62(67-60)61-57(65(58)48-24-14-5-15-25-48)38-59(66-61)43-18-8-2-9-19-43/h1-39H. The third-order valence-corrected chi connectivity index (χ3v) is 16.0. The fourth-order valence-corrected chi connectivity index (χ4v) is 12.8. The van der Waals surface area contributed by atoms with E-state index in [4.69, 9.17) is 0 Å². The molecule has 0 aliphatic rings. The Morgan fingerprint density at radius 1 is 0.224 bits per heavy atom. The van der Waals surface area contributed by atoms with E-state index in [1.807, 2.05) is 22.7 Å². The van der Waals surface area contributed by atoms with Crippen LogP contribution in [0.2, 0.25) is 0 Å². The summed E-state index contributed by atoms with van der Waals surface area (Å²) in [6.07, 6.45) is 0. The van der Waals surface area contributed by atoms with Gasteiger partial charge in [-0.2, -0.15) is 0 Å². The molecule has 314 valence electrons. The molecule has 67 heavy (non-hydrogen) atoms. The summed E-state index contributed by atoms with van der Waals surface area (Å²) in [4.78, 5) is 2.55. The van der Waals surface area contributed by atoms with E-state index in [1.54, 1.807) is 0 Å². The number of para-hydroxylation sites is 3. The third-order valence-electron chi connectivity index (χ3n) is 13.5. The normalized spacial score (nSPS) is 11.9. The van der Waals surface area contributed by atoms with Crippen LogP contribution < -0.4 is 0 Å². The Balaban J connectivity index is 0.983. The number of fused-ring (bicyclic) bond motifs is 9. The van der Waals surface area contributed by atoms with Crippen LogP contribution in [-0.4, -0.2) is 13.7 Å². The molecule has 9 aromatic carbocycles. The van der Waals surface area contributed by atoms with Gasteiger partial charge in [-0.25, -0.2) is 0 Å². The van der Waals surface area contributed by atoms with Crippen molar-refractivity contribution in [3.63, 3.8) is 0 Å². The molecule has 0 saturated carbocycles. The smallest absolute Gasteiger partial charge is 0.0711 e. The van der Waals surface area contributed by atoms with E-state index in [2.05, 4.69) is 250 Å². The SMILES string of the molecule is c1ccc(-c2ccc(-c3ccc4c5cc6c(cc5n(-c5ccccc5)c4c3)c3cc(-c4cc5c(s4)c4sc(-c7ccccc7)cc4n5-c4ccccc4)ccc3n6-c3ccccc3)cc2)cc1. The van der Waals surface area contributed by atoms with Crippen molar-refractivity contribution in [2.24, 2.45) is 0 Å². The molecule has 3 nitrogen and oxygen atoms in total. The van der Waals surface area contributed by atoms with Gasteiger partial charge in [0, 0.05) is 48.4 Å². The van der Waals surface area contributed by atoms with Crippen molar-refractivity contribution in [1.82, 2.24) is 13.7 Å². The first-order valence-corrected chi connectivity index (χ1v) is 24.4. The Kier molecular flexibility index (Phi) is 8.63. The molecule has 0 amide bonds. The molecule has 5 heteroatoms. The molecular formula is C62H39N3S2. The van der Waals surface area contributed by atoms with Gasteiger partial charge in [-0.05, 0) is 112 Å². The van der Waals surface area contributed by atoms with E-state index in [0.29, 0.717) is 0 Å². The summed E-state index contributed by atoms with van der Waals surface area (Å²) in [5.74, 6) is 0. The van der Waals surface area contributed by atoms with Crippen molar-refractivity contribution < 1.29 is 0 Å². The zero-order valence-electron chi connectivity index (χ0n) is 36.2. The van der Waals surface area contributed by atoms with Crippen molar-refractivity contribution in [1.29, 1.82) is 0 Å². The van der Waals surface area contributed by atoms with E-state index in [1.165, 1.54) is 113 Å². The molecule has 0 unspecified atom stereocenters. The average molecular weight is 890 g/mol. The second-order valence-electron chi connectivity index (χ2n) is 17.3. The number of hydrogen-bond acceptors (Lipinski definition) is 2. The van der Waals surface area contributed by atoms with Crippen LogP contribution in [0.5, 0.6) is 0 Å². The molecule has 14 aromatic rings. The molecule has 0 radical (unpaired) electrons. The molecule has 0 spiro atoms. The first kappa shape index (κ1) is 38.1. The van der Waals surface area contributed by atoms with Crippen LogP contribution in [0, 0.1) is 0 Å². The molecule has 0 bridgehead atoms. The highest BCUT2D eigenvalue weighted by Crippen LogP contribution is 2.48. The van der Waals surface area contributed by atoms with Crippen molar-refractivity contribution in [3.05, 3.63) is 237 Å². The number of nitrogens with zero attached hydrogens (tertiary/aromatic N) is 3. The van der Waals surface area contributed by atoms with Crippen molar-refractivity contribution >= 4 is 86.7 Å². The fraction of sp³-hybridized carbons (Fsp3) is 0. The summed E-state index contributed by atoms with van der Waals surface area (Å²) in [5.41, 5.74) is 18.1. The van der Waals surface area contributed by atoms with Crippen molar-refractivity contribution in [3.8, 4) is 60.2 Å². The number of aromatic nitrogens is 3. The lowest BCUT2D eigenvalue weighted by Gasteiger charge is -2.10. The summed E-state index contributed by atoms with van der Waals surface area (Å²) in [6, 6.07) is 86.6. The zero-order chi connectivity index (χ0) is 44.0. The maximum absolute atomic E-state index is 2.46. The molecule has 0 aliphatic carbocycles. The average Bonchev–Trinajstić information content (AvgIpc) is 4.22. The van der Waals surface area contributed by atoms with Crippen molar-refractivity contribution in [2.45, 2.75) is 0 Å². The van der Waals surface area contributed by atoms with E-state index in [-0.39, 0.29) is 0 Å². The zero-order valence-corrected chi connectivity index (χ0v) is 37.8. The summed E-state index contributed by atoms with van der Waals surface area (Å²) in [7, 11) is 0. The quantitative estimate of drug-likeness (QED) is 0.151. The molecular weight excluding hydrogens is 851 g/mol. The highest BCUT2D eigenvalue weighted by molar-refractivity contribution is 7.30. The molecule has 5 heterocycles. The predicted molar refractivity (Wildman–Crippen MR) is 287 cm³/mol. The predicted octanol–water partition coefficient (Wildman–Crippen LogP) is 17.8. The highest BCUT2D eigenvalue weighted by Gasteiger charge is 2.23. The maximum Gasteiger partial charge on any atom is 0.0711 e. The second-order valence-corrected chi connectivity index (χ2v) is 19.4. The van der Waals surface area contributed by atoms with Gasteiger partial charge in [-0.15, -0.1) is 22.7 Å². The van der Waals surface area contributed by atoms with Gasteiger partial charge in [0.1, 0.15) is 0 Å². The van der Waals surface area contributed by atoms with Gasteiger partial charge in [-0.1, -0.05) is 158 Å². The maximum atomic E-state index is 2.46. The van der Waals surface area contributed by atoms with Crippen LogP contribution in [0.1, 0.15) is 0 Å². The van der Waals surface area contributed by atoms with Gasteiger partial charge in [-0.3, -0.25) is 0 Å². The van der Waals surface area contributed by atoms with Gasteiger partial charge in [0.05, 0.1) is 42.5 Å². The number of thiophene rings is 2. The molecule has 0 atom stereocenters. The first-order valence-electron chi connectivity index (χ1n) is 22.7. The lowest BCUT2D eigenvalue weighted by molar-refractivity contribution is 1.17. The first-order chi connectivity index (χ1) is 33.2. The van der Waals surface area contributed by atoms with Gasteiger partial charge < -0.3 is 13.7 Å². The topological polar surface area (TPSA) is 14.8 Å². The summed E-state index contributed by atoms with van der Waals surface area (Å²) in [5, 5.41) is 4.93. The number of benzene rings is 9. The second kappa shape index (κ2) is 15.2. The Hall–Kier alpha value is -8.22. The largest absolute Gasteiger partial charge is 0.309 e. The number of hydrogen-bond donors (Lipinski definition) is 0. The van der Waals surface area contributed by atoms with E-state index in [0.717, 1.165) is 11.4 Å². The molecule has 0 aliphatic heterocycles. The minimum atomic E-state index is 1.14. The minimum absolute atomic E-state index is 1.14. The minimum Gasteiger partial charge on any atom is -0.309 e. The molecule has 14 rings (SSSR count). The van der Waals surface area contributed by atoms with Gasteiger partial charge >= 0.3 is 0 Å². The molecule has 5 aromatic heterocycles. The monoisotopic (exact) mass is 889 g/mol. The fourth-order valence-electron chi connectivity index (χ4n) is 10.4. The van der Waals surface area contributed by atoms with E-state index < -0.39 is 0 Å². The van der Waals surface area contributed by atoms with Gasteiger partial charge in [0.15, 0.2) is 0 Å². The Morgan fingerprint density at radius 3 is 1.15 bits per heavy atom. The third kappa shape index (κ3) is 6.09. The van der Waals surface area contributed by atoms with Crippen LogP contribution in [0.25, 0.3) is 124 Å². The molecule has 0 saturated heterocycles.